The lowest BCUT2D eigenvalue weighted by Gasteiger charge is -2.40. The van der Waals surface area contributed by atoms with Gasteiger partial charge in [0.1, 0.15) is 0 Å². The van der Waals surface area contributed by atoms with Gasteiger partial charge in [-0.05, 0) is 42.5 Å². The van der Waals surface area contributed by atoms with Gasteiger partial charge in [0.05, 0.1) is 18.1 Å². The highest BCUT2D eigenvalue weighted by Crippen LogP contribution is 2.43. The number of benzene rings is 1. The molecular weight excluding hydrogens is 270 g/mol. The number of carboxylic acid groups (broad SMARTS) is 1. The Morgan fingerprint density at radius 2 is 1.95 bits per heavy atom. The average molecular weight is 287 g/mol. The summed E-state index contributed by atoms with van der Waals surface area (Å²) in [6.07, 6.45) is 2.75. The lowest BCUT2D eigenvalue weighted by atomic mass is 9.66. The van der Waals surface area contributed by atoms with Gasteiger partial charge in [-0.25, -0.2) is 4.79 Å². The van der Waals surface area contributed by atoms with Gasteiger partial charge in [-0.1, -0.05) is 6.42 Å². The second-order valence-corrected chi connectivity index (χ2v) is 5.42. The van der Waals surface area contributed by atoms with Gasteiger partial charge in [0.25, 0.3) is 0 Å². The number of hydrogen-bond donors (Lipinski definition) is 3. The largest absolute Gasteiger partial charge is 0.481 e. The molecule has 6 nitrogen and oxygen atoms in total. The van der Waals surface area contributed by atoms with Crippen LogP contribution in [0.4, 0.5) is 10.5 Å². The van der Waals surface area contributed by atoms with Gasteiger partial charge in [0.2, 0.25) is 0 Å². The second kappa shape index (κ2) is 6.27. The van der Waals surface area contributed by atoms with Crippen LogP contribution in [0.2, 0.25) is 0 Å². The zero-order valence-electron chi connectivity index (χ0n) is 11.6. The third-order valence-corrected chi connectivity index (χ3v) is 3.84. The summed E-state index contributed by atoms with van der Waals surface area (Å²) in [4.78, 5) is 22.7. The van der Waals surface area contributed by atoms with E-state index in [9.17, 15) is 9.59 Å². The van der Waals surface area contributed by atoms with Gasteiger partial charge in [-0.3, -0.25) is 4.79 Å². The van der Waals surface area contributed by atoms with Gasteiger partial charge >= 0.3 is 12.0 Å². The Balaban J connectivity index is 1.84. The van der Waals surface area contributed by atoms with E-state index >= 15 is 0 Å². The van der Waals surface area contributed by atoms with E-state index in [-0.39, 0.29) is 17.9 Å². The van der Waals surface area contributed by atoms with Crippen molar-refractivity contribution in [3.8, 4) is 6.07 Å². The number of carboxylic acids is 1. The van der Waals surface area contributed by atoms with Crippen LogP contribution in [0, 0.1) is 16.7 Å². The Hall–Kier alpha value is -2.55. The summed E-state index contributed by atoms with van der Waals surface area (Å²) in [7, 11) is 0. The number of aliphatic carboxylic acids is 1. The lowest BCUT2D eigenvalue weighted by molar-refractivity contribution is -0.141. The lowest BCUT2D eigenvalue weighted by Crippen LogP contribution is -2.44. The van der Waals surface area contributed by atoms with E-state index in [4.69, 9.17) is 10.4 Å². The molecule has 0 atom stereocenters. The van der Waals surface area contributed by atoms with E-state index in [0.717, 1.165) is 19.3 Å². The van der Waals surface area contributed by atoms with Crippen LogP contribution < -0.4 is 10.6 Å². The highest BCUT2D eigenvalue weighted by Gasteiger charge is 2.39. The predicted molar refractivity (Wildman–Crippen MR) is 76.7 cm³/mol. The Bertz CT molecular complexity index is 571. The second-order valence-electron chi connectivity index (χ2n) is 5.42. The molecule has 1 aromatic rings. The maximum absolute atomic E-state index is 11.8. The molecule has 0 aromatic heterocycles. The minimum Gasteiger partial charge on any atom is -0.481 e. The minimum atomic E-state index is -0.830. The fourth-order valence-corrected chi connectivity index (χ4v) is 2.48. The minimum absolute atomic E-state index is 0.0874. The Kier molecular flexibility index (Phi) is 4.43. The number of rotatable bonds is 5. The zero-order chi connectivity index (χ0) is 15.3. The molecule has 1 aromatic carbocycles. The molecule has 2 rings (SSSR count). The van der Waals surface area contributed by atoms with E-state index in [0.29, 0.717) is 17.8 Å². The normalized spacial score (nSPS) is 15.4. The molecule has 0 aliphatic heterocycles. The zero-order valence-corrected chi connectivity index (χ0v) is 11.6. The van der Waals surface area contributed by atoms with Crippen LogP contribution in [0.15, 0.2) is 24.3 Å². The first kappa shape index (κ1) is 14.9. The van der Waals surface area contributed by atoms with Crippen molar-refractivity contribution in [2.45, 2.75) is 25.7 Å². The molecule has 0 saturated heterocycles. The molecule has 1 aliphatic rings. The number of urea groups is 1. The van der Waals surface area contributed by atoms with Crippen LogP contribution in [0.5, 0.6) is 0 Å². The number of carbonyl (C=O) groups excluding carboxylic acids is 1. The maximum atomic E-state index is 11.8. The SMILES string of the molecule is N#Cc1ccc(NC(=O)NCC2(CC(=O)O)CCC2)cc1. The van der Waals surface area contributed by atoms with Crippen molar-refractivity contribution >= 4 is 17.7 Å². The number of carbonyl (C=O) groups is 2. The summed E-state index contributed by atoms with van der Waals surface area (Å²) in [6, 6.07) is 8.17. The molecule has 21 heavy (non-hydrogen) atoms. The molecule has 110 valence electrons. The van der Waals surface area contributed by atoms with Crippen LogP contribution >= 0.6 is 0 Å². The molecule has 1 aliphatic carbocycles. The van der Waals surface area contributed by atoms with Crippen molar-refractivity contribution in [2.24, 2.45) is 5.41 Å². The van der Waals surface area contributed by atoms with Crippen LogP contribution in [0.1, 0.15) is 31.2 Å². The van der Waals surface area contributed by atoms with Crippen LogP contribution in [-0.2, 0) is 4.79 Å². The van der Waals surface area contributed by atoms with E-state index in [1.807, 2.05) is 6.07 Å². The van der Waals surface area contributed by atoms with Crippen molar-refractivity contribution in [2.75, 3.05) is 11.9 Å². The molecule has 1 saturated carbocycles. The maximum Gasteiger partial charge on any atom is 0.319 e. The van der Waals surface area contributed by atoms with Gasteiger partial charge in [-0.2, -0.15) is 5.26 Å². The average Bonchev–Trinajstić information content (AvgIpc) is 2.42. The molecule has 0 spiro atoms. The van der Waals surface area contributed by atoms with Crippen molar-refractivity contribution < 1.29 is 14.7 Å². The summed E-state index contributed by atoms with van der Waals surface area (Å²) in [5, 5.41) is 23.0. The van der Waals surface area contributed by atoms with Crippen molar-refractivity contribution in [1.29, 1.82) is 5.26 Å². The quantitative estimate of drug-likeness (QED) is 0.773. The predicted octanol–water partition coefficient (Wildman–Crippen LogP) is 2.32. The number of amides is 2. The van der Waals surface area contributed by atoms with Crippen LogP contribution in [0.25, 0.3) is 0 Å². The summed E-state index contributed by atoms with van der Waals surface area (Å²) < 4.78 is 0. The topological polar surface area (TPSA) is 102 Å². The third-order valence-electron chi connectivity index (χ3n) is 3.84. The van der Waals surface area contributed by atoms with E-state index < -0.39 is 5.97 Å². The monoisotopic (exact) mass is 287 g/mol. The van der Waals surface area contributed by atoms with Gasteiger partial charge in [0, 0.05) is 12.2 Å². The fourth-order valence-electron chi connectivity index (χ4n) is 2.48. The first-order valence-electron chi connectivity index (χ1n) is 6.80. The summed E-state index contributed by atoms with van der Waals surface area (Å²) in [5.74, 6) is -0.830. The summed E-state index contributed by atoms with van der Waals surface area (Å²) in [6.45, 7) is 0.363. The molecule has 1 fully saturated rings. The molecule has 0 bridgehead atoms. The van der Waals surface area contributed by atoms with Gasteiger partial charge < -0.3 is 15.7 Å². The Morgan fingerprint density at radius 3 is 2.43 bits per heavy atom. The highest BCUT2D eigenvalue weighted by atomic mass is 16.4. The molecule has 3 N–H and O–H groups in total. The smallest absolute Gasteiger partial charge is 0.319 e. The number of nitrogens with one attached hydrogen (secondary N) is 2. The summed E-state index contributed by atoms with van der Waals surface area (Å²) in [5.41, 5.74) is 0.816. The molecule has 6 heteroatoms. The van der Waals surface area contributed by atoms with Gasteiger partial charge in [0.15, 0.2) is 0 Å². The summed E-state index contributed by atoms with van der Waals surface area (Å²) >= 11 is 0. The van der Waals surface area contributed by atoms with Crippen molar-refractivity contribution in [1.82, 2.24) is 5.32 Å². The standard InChI is InChI=1S/C15H17N3O3/c16-9-11-2-4-12(5-3-11)18-14(21)17-10-15(6-1-7-15)8-13(19)20/h2-5H,1,6-8,10H2,(H,19,20)(H2,17,18,21). The number of nitriles is 1. The molecule has 0 heterocycles. The van der Waals surface area contributed by atoms with Crippen molar-refractivity contribution in [3.05, 3.63) is 29.8 Å². The number of hydrogen-bond acceptors (Lipinski definition) is 3. The molecule has 0 unspecified atom stereocenters. The Morgan fingerprint density at radius 1 is 1.29 bits per heavy atom. The molecule has 0 radical (unpaired) electrons. The molecule has 2 amide bonds. The van der Waals surface area contributed by atoms with Crippen LogP contribution in [0.3, 0.4) is 0 Å². The van der Waals surface area contributed by atoms with E-state index in [2.05, 4.69) is 10.6 Å². The highest BCUT2D eigenvalue weighted by molar-refractivity contribution is 5.89. The third kappa shape index (κ3) is 3.96. The van der Waals surface area contributed by atoms with Crippen LogP contribution in [-0.4, -0.2) is 23.7 Å². The van der Waals surface area contributed by atoms with Crippen molar-refractivity contribution in [3.63, 3.8) is 0 Å². The first-order valence-corrected chi connectivity index (χ1v) is 6.80. The molecular formula is C15H17N3O3. The van der Waals surface area contributed by atoms with Gasteiger partial charge in [-0.15, -0.1) is 0 Å². The van der Waals surface area contributed by atoms with E-state index in [1.54, 1.807) is 24.3 Å². The first-order chi connectivity index (χ1) is 10.0. The number of anilines is 1. The Labute approximate surface area is 122 Å². The van der Waals surface area contributed by atoms with E-state index in [1.165, 1.54) is 0 Å². The number of nitrogens with zero attached hydrogens (tertiary/aromatic N) is 1. The fraction of sp³-hybridized carbons (Fsp3) is 0.400.